The van der Waals surface area contributed by atoms with Gasteiger partial charge in [-0.25, -0.2) is 0 Å². The minimum atomic E-state index is -1.00. The van der Waals surface area contributed by atoms with Gasteiger partial charge in [0.25, 0.3) is 5.69 Å². The van der Waals surface area contributed by atoms with Crippen LogP contribution in [-0.2, 0) is 4.79 Å². The van der Waals surface area contributed by atoms with Crippen molar-refractivity contribution in [2.45, 2.75) is 32.4 Å². The van der Waals surface area contributed by atoms with E-state index in [-0.39, 0.29) is 18.3 Å². The quantitative estimate of drug-likeness (QED) is 0.577. The summed E-state index contributed by atoms with van der Waals surface area (Å²) < 4.78 is 5.48. The van der Waals surface area contributed by atoms with Gasteiger partial charge < -0.3 is 10.5 Å². The van der Waals surface area contributed by atoms with E-state index in [9.17, 15) is 14.9 Å². The van der Waals surface area contributed by atoms with Crippen LogP contribution in [0.3, 0.4) is 0 Å². The maximum Gasteiger partial charge on any atom is 0.269 e. The summed E-state index contributed by atoms with van der Waals surface area (Å²) in [6.07, 6.45) is 0. The lowest BCUT2D eigenvalue weighted by atomic mass is 10.0. The van der Waals surface area contributed by atoms with Crippen LogP contribution in [0.1, 0.15) is 20.8 Å². The summed E-state index contributed by atoms with van der Waals surface area (Å²) in [7, 11) is 0. The van der Waals surface area contributed by atoms with E-state index >= 15 is 0 Å². The molecule has 0 aliphatic heterocycles. The monoisotopic (exact) mass is 281 g/mol. The SMILES string of the molecule is CC(C)NC(C)(COc1ccc([N+](=O)[O-])cc1)C(N)=O. The Morgan fingerprint density at radius 2 is 2.00 bits per heavy atom. The van der Waals surface area contributed by atoms with Crippen LogP contribution in [0.15, 0.2) is 24.3 Å². The van der Waals surface area contributed by atoms with Crippen LogP contribution in [-0.4, -0.2) is 29.0 Å². The number of primary amides is 1. The third kappa shape index (κ3) is 4.20. The van der Waals surface area contributed by atoms with Crippen molar-refractivity contribution in [3.05, 3.63) is 34.4 Å². The number of nitrogens with two attached hydrogens (primary N) is 1. The molecule has 1 aromatic rings. The first-order valence-electron chi connectivity index (χ1n) is 6.19. The van der Waals surface area contributed by atoms with Gasteiger partial charge in [-0.05, 0) is 32.9 Å². The highest BCUT2D eigenvalue weighted by Gasteiger charge is 2.32. The maximum atomic E-state index is 11.5. The van der Waals surface area contributed by atoms with Gasteiger partial charge in [0.1, 0.15) is 17.9 Å². The number of hydrogen-bond donors (Lipinski definition) is 2. The molecule has 110 valence electrons. The van der Waals surface area contributed by atoms with Gasteiger partial charge in [-0.3, -0.25) is 20.2 Å². The summed E-state index contributed by atoms with van der Waals surface area (Å²) in [6.45, 7) is 5.49. The number of carbonyl (C=O) groups is 1. The van der Waals surface area contributed by atoms with E-state index in [4.69, 9.17) is 10.5 Å². The number of ether oxygens (including phenoxy) is 1. The number of hydrogen-bond acceptors (Lipinski definition) is 5. The third-order valence-electron chi connectivity index (χ3n) is 2.73. The minimum absolute atomic E-state index is 0.0182. The smallest absolute Gasteiger partial charge is 0.269 e. The van der Waals surface area contributed by atoms with E-state index in [2.05, 4.69) is 5.32 Å². The normalized spacial score (nSPS) is 13.8. The molecular formula is C13H19N3O4. The fourth-order valence-corrected chi connectivity index (χ4v) is 1.71. The molecule has 20 heavy (non-hydrogen) atoms. The molecule has 3 N–H and O–H groups in total. The molecule has 0 bridgehead atoms. The summed E-state index contributed by atoms with van der Waals surface area (Å²) in [6, 6.07) is 5.71. The van der Waals surface area contributed by atoms with E-state index in [0.29, 0.717) is 5.75 Å². The first-order chi connectivity index (χ1) is 9.24. The number of amides is 1. The van der Waals surface area contributed by atoms with Gasteiger partial charge in [0.15, 0.2) is 0 Å². The second-order valence-electron chi connectivity index (χ2n) is 5.04. The van der Waals surface area contributed by atoms with Crippen molar-refractivity contribution in [3.63, 3.8) is 0 Å². The Labute approximate surface area is 117 Å². The van der Waals surface area contributed by atoms with Crippen molar-refractivity contribution in [1.29, 1.82) is 0 Å². The Balaban J connectivity index is 2.72. The van der Waals surface area contributed by atoms with Crippen LogP contribution >= 0.6 is 0 Å². The molecule has 1 amide bonds. The third-order valence-corrected chi connectivity index (χ3v) is 2.73. The number of nitro groups is 1. The Morgan fingerprint density at radius 1 is 1.45 bits per heavy atom. The van der Waals surface area contributed by atoms with Crippen LogP contribution in [0.25, 0.3) is 0 Å². The van der Waals surface area contributed by atoms with Gasteiger partial charge in [0, 0.05) is 18.2 Å². The standard InChI is InChI=1S/C13H19N3O4/c1-9(2)15-13(3,12(14)17)8-20-11-6-4-10(5-7-11)16(18)19/h4-7,9,15H,8H2,1-3H3,(H2,14,17). The number of rotatable bonds is 7. The lowest BCUT2D eigenvalue weighted by Gasteiger charge is -2.29. The van der Waals surface area contributed by atoms with Crippen LogP contribution in [0.5, 0.6) is 5.75 Å². The summed E-state index contributed by atoms with van der Waals surface area (Å²) >= 11 is 0. The van der Waals surface area contributed by atoms with E-state index in [0.717, 1.165) is 0 Å². The van der Waals surface area contributed by atoms with Gasteiger partial charge in [0.2, 0.25) is 5.91 Å². The zero-order valence-electron chi connectivity index (χ0n) is 11.8. The Bertz CT molecular complexity index is 487. The highest BCUT2D eigenvalue weighted by Crippen LogP contribution is 2.18. The first kappa shape index (κ1) is 15.9. The van der Waals surface area contributed by atoms with Crippen molar-refractivity contribution < 1.29 is 14.5 Å². The van der Waals surface area contributed by atoms with Crippen molar-refractivity contribution >= 4 is 11.6 Å². The van der Waals surface area contributed by atoms with Crippen LogP contribution < -0.4 is 15.8 Å². The fourth-order valence-electron chi connectivity index (χ4n) is 1.71. The van der Waals surface area contributed by atoms with Crippen molar-refractivity contribution in [2.75, 3.05) is 6.61 Å². The van der Waals surface area contributed by atoms with Gasteiger partial charge in [-0.1, -0.05) is 0 Å². The lowest BCUT2D eigenvalue weighted by molar-refractivity contribution is -0.384. The number of nitro benzene ring substituents is 1. The minimum Gasteiger partial charge on any atom is -0.491 e. The summed E-state index contributed by atoms with van der Waals surface area (Å²) in [4.78, 5) is 21.6. The van der Waals surface area contributed by atoms with E-state index in [1.54, 1.807) is 6.92 Å². The lowest BCUT2D eigenvalue weighted by Crippen LogP contribution is -2.59. The first-order valence-corrected chi connectivity index (χ1v) is 6.19. The van der Waals surface area contributed by atoms with Crippen LogP contribution in [0, 0.1) is 10.1 Å². The number of carbonyl (C=O) groups excluding carboxylic acids is 1. The summed E-state index contributed by atoms with van der Waals surface area (Å²) in [5.41, 5.74) is 4.35. The fraction of sp³-hybridized carbons (Fsp3) is 0.462. The summed E-state index contributed by atoms with van der Waals surface area (Å²) in [5, 5.41) is 13.6. The van der Waals surface area contributed by atoms with E-state index < -0.39 is 16.4 Å². The topological polar surface area (TPSA) is 107 Å². The van der Waals surface area contributed by atoms with Gasteiger partial charge >= 0.3 is 0 Å². The molecule has 0 radical (unpaired) electrons. The maximum absolute atomic E-state index is 11.5. The Morgan fingerprint density at radius 3 is 2.40 bits per heavy atom. The van der Waals surface area contributed by atoms with Crippen molar-refractivity contribution in [1.82, 2.24) is 5.32 Å². The number of benzene rings is 1. The molecule has 1 atom stereocenters. The summed E-state index contributed by atoms with van der Waals surface area (Å²) in [5.74, 6) is -0.0817. The largest absolute Gasteiger partial charge is 0.491 e. The average molecular weight is 281 g/mol. The molecule has 0 saturated carbocycles. The van der Waals surface area contributed by atoms with Crippen molar-refractivity contribution in [3.8, 4) is 5.75 Å². The zero-order valence-corrected chi connectivity index (χ0v) is 11.8. The number of nitrogens with zero attached hydrogens (tertiary/aromatic N) is 1. The van der Waals surface area contributed by atoms with Crippen molar-refractivity contribution in [2.24, 2.45) is 5.73 Å². The molecule has 1 aromatic carbocycles. The molecule has 0 fully saturated rings. The van der Waals surface area contributed by atoms with Gasteiger partial charge in [-0.15, -0.1) is 0 Å². The Kier molecular flexibility index (Phi) is 5.04. The van der Waals surface area contributed by atoms with Gasteiger partial charge in [-0.2, -0.15) is 0 Å². The highest BCUT2D eigenvalue weighted by molar-refractivity contribution is 5.84. The molecule has 7 heteroatoms. The molecule has 0 aromatic heterocycles. The van der Waals surface area contributed by atoms with E-state index in [1.165, 1.54) is 24.3 Å². The van der Waals surface area contributed by atoms with E-state index in [1.807, 2.05) is 13.8 Å². The molecule has 7 nitrogen and oxygen atoms in total. The highest BCUT2D eigenvalue weighted by atomic mass is 16.6. The predicted molar refractivity (Wildman–Crippen MR) is 74.5 cm³/mol. The molecule has 0 saturated heterocycles. The predicted octanol–water partition coefficient (Wildman–Crippen LogP) is 1.22. The molecule has 1 unspecified atom stereocenters. The molecule has 0 aliphatic carbocycles. The Hall–Kier alpha value is -2.15. The van der Waals surface area contributed by atoms with Crippen LogP contribution in [0.4, 0.5) is 5.69 Å². The second-order valence-corrected chi connectivity index (χ2v) is 5.04. The molecule has 0 aliphatic rings. The average Bonchev–Trinajstić information content (AvgIpc) is 2.36. The zero-order chi connectivity index (χ0) is 15.3. The van der Waals surface area contributed by atoms with Gasteiger partial charge in [0.05, 0.1) is 4.92 Å². The molecule has 1 rings (SSSR count). The van der Waals surface area contributed by atoms with Crippen LogP contribution in [0.2, 0.25) is 0 Å². The molecular weight excluding hydrogens is 262 g/mol. The number of nitrogens with one attached hydrogen (secondary N) is 1. The molecule has 0 spiro atoms. The molecule has 0 heterocycles. The number of non-ortho nitro benzene ring substituents is 1. The second kappa shape index (κ2) is 6.33.